The number of carbonyl (C=O) groups is 1. The van der Waals surface area contributed by atoms with Crippen molar-refractivity contribution in [3.63, 3.8) is 0 Å². The quantitative estimate of drug-likeness (QED) is 0.602. The van der Waals surface area contributed by atoms with Gasteiger partial charge in [0.05, 0.1) is 17.2 Å². The summed E-state index contributed by atoms with van der Waals surface area (Å²) in [6.07, 6.45) is 3.54. The molecule has 4 nitrogen and oxygen atoms in total. The zero-order chi connectivity index (χ0) is 17.6. The second-order valence-corrected chi connectivity index (χ2v) is 6.38. The fourth-order valence-corrected chi connectivity index (χ4v) is 3.36. The van der Waals surface area contributed by atoms with E-state index in [1.165, 1.54) is 11.8 Å². The number of benzene rings is 2. The Morgan fingerprint density at radius 3 is 2.80 bits per heavy atom. The SMILES string of the molecule is C=CCOc1ccc(/C=C2\Sc3ccccc3NC2=O)cc1OCC. The van der Waals surface area contributed by atoms with E-state index in [-0.39, 0.29) is 5.91 Å². The highest BCUT2D eigenvalue weighted by Gasteiger charge is 2.20. The number of amides is 1. The third-order valence-electron chi connectivity index (χ3n) is 3.50. The van der Waals surface area contributed by atoms with E-state index in [4.69, 9.17) is 9.47 Å². The van der Waals surface area contributed by atoms with Gasteiger partial charge < -0.3 is 14.8 Å². The Morgan fingerprint density at radius 1 is 1.16 bits per heavy atom. The second kappa shape index (κ2) is 7.94. The fraction of sp³-hybridized carbons (Fsp3) is 0.150. The van der Waals surface area contributed by atoms with Crippen LogP contribution in [0.15, 0.2) is 64.9 Å². The van der Waals surface area contributed by atoms with Gasteiger partial charge in [-0.15, -0.1) is 0 Å². The highest BCUT2D eigenvalue weighted by molar-refractivity contribution is 8.04. The molecule has 0 bridgehead atoms. The zero-order valence-corrected chi connectivity index (χ0v) is 14.8. The van der Waals surface area contributed by atoms with Crippen LogP contribution in [0, 0.1) is 0 Å². The van der Waals surface area contributed by atoms with Gasteiger partial charge in [0.25, 0.3) is 5.91 Å². The monoisotopic (exact) mass is 353 g/mol. The van der Waals surface area contributed by atoms with Crippen LogP contribution >= 0.6 is 11.8 Å². The summed E-state index contributed by atoms with van der Waals surface area (Å²) in [6, 6.07) is 13.4. The normalized spacial score (nSPS) is 14.6. The smallest absolute Gasteiger partial charge is 0.262 e. The predicted molar refractivity (Wildman–Crippen MR) is 102 cm³/mol. The molecule has 0 spiro atoms. The molecule has 2 aromatic rings. The molecule has 1 N–H and O–H groups in total. The first-order chi connectivity index (χ1) is 12.2. The van der Waals surface area contributed by atoms with Gasteiger partial charge in [-0.2, -0.15) is 0 Å². The molecule has 25 heavy (non-hydrogen) atoms. The molecular weight excluding hydrogens is 334 g/mol. The molecule has 1 aliphatic rings. The van der Waals surface area contributed by atoms with Crippen LogP contribution in [0.4, 0.5) is 5.69 Å². The minimum Gasteiger partial charge on any atom is -0.490 e. The summed E-state index contributed by atoms with van der Waals surface area (Å²) >= 11 is 1.46. The van der Waals surface area contributed by atoms with Crippen LogP contribution in [0.25, 0.3) is 6.08 Å². The standard InChI is InChI=1S/C20H19NO3S/c1-3-11-24-16-10-9-14(12-17(16)23-4-2)13-19-20(22)21-15-7-5-6-8-18(15)25-19/h3,5-10,12-13H,1,4,11H2,2H3,(H,21,22)/b19-13-. The molecule has 128 valence electrons. The average molecular weight is 353 g/mol. The third kappa shape index (κ3) is 4.06. The van der Waals surface area contributed by atoms with E-state index in [1.807, 2.05) is 55.5 Å². The summed E-state index contributed by atoms with van der Waals surface area (Å²) in [5, 5.41) is 2.91. The summed E-state index contributed by atoms with van der Waals surface area (Å²) in [4.78, 5) is 14.0. The molecule has 0 radical (unpaired) electrons. The lowest BCUT2D eigenvalue weighted by atomic mass is 10.2. The van der Waals surface area contributed by atoms with E-state index in [2.05, 4.69) is 11.9 Å². The molecule has 0 aliphatic carbocycles. The first-order valence-corrected chi connectivity index (χ1v) is 8.83. The fourth-order valence-electron chi connectivity index (χ4n) is 2.40. The van der Waals surface area contributed by atoms with E-state index < -0.39 is 0 Å². The van der Waals surface area contributed by atoms with Gasteiger partial charge in [-0.1, -0.05) is 42.6 Å². The molecule has 3 rings (SSSR count). The van der Waals surface area contributed by atoms with Crippen molar-refractivity contribution in [3.8, 4) is 11.5 Å². The summed E-state index contributed by atoms with van der Waals surface area (Å²) in [5.74, 6) is 1.21. The highest BCUT2D eigenvalue weighted by Crippen LogP contribution is 2.39. The van der Waals surface area contributed by atoms with Crippen molar-refractivity contribution in [1.29, 1.82) is 0 Å². The zero-order valence-electron chi connectivity index (χ0n) is 14.0. The van der Waals surface area contributed by atoms with E-state index in [0.29, 0.717) is 29.6 Å². The number of nitrogens with one attached hydrogen (secondary N) is 1. The lowest BCUT2D eigenvalue weighted by Crippen LogP contribution is -2.17. The van der Waals surface area contributed by atoms with Crippen LogP contribution in [0.3, 0.4) is 0 Å². The summed E-state index contributed by atoms with van der Waals surface area (Å²) in [7, 11) is 0. The van der Waals surface area contributed by atoms with Gasteiger partial charge in [0.1, 0.15) is 6.61 Å². The van der Waals surface area contributed by atoms with Crippen molar-refractivity contribution >= 4 is 29.4 Å². The summed E-state index contributed by atoms with van der Waals surface area (Å²) in [6.45, 7) is 6.52. The number of fused-ring (bicyclic) bond motifs is 1. The molecule has 2 aromatic carbocycles. The first-order valence-electron chi connectivity index (χ1n) is 8.01. The Kier molecular flexibility index (Phi) is 5.46. The number of anilines is 1. The van der Waals surface area contributed by atoms with Crippen LogP contribution in [0.5, 0.6) is 11.5 Å². The van der Waals surface area contributed by atoms with Gasteiger partial charge in [0, 0.05) is 4.90 Å². The van der Waals surface area contributed by atoms with Crippen LogP contribution in [0.2, 0.25) is 0 Å². The number of hydrogen-bond acceptors (Lipinski definition) is 4. The van der Waals surface area contributed by atoms with Gasteiger partial charge in [-0.05, 0) is 42.8 Å². The largest absolute Gasteiger partial charge is 0.490 e. The highest BCUT2D eigenvalue weighted by atomic mass is 32.2. The van der Waals surface area contributed by atoms with Gasteiger partial charge in [0.2, 0.25) is 0 Å². The summed E-state index contributed by atoms with van der Waals surface area (Å²) in [5.41, 5.74) is 1.73. The lowest BCUT2D eigenvalue weighted by molar-refractivity contribution is -0.112. The maximum Gasteiger partial charge on any atom is 0.262 e. The number of thioether (sulfide) groups is 1. The second-order valence-electron chi connectivity index (χ2n) is 5.30. The maximum absolute atomic E-state index is 12.3. The Hall–Kier alpha value is -2.66. The minimum atomic E-state index is -0.103. The van der Waals surface area contributed by atoms with Crippen LogP contribution in [0.1, 0.15) is 12.5 Å². The Morgan fingerprint density at radius 2 is 2.00 bits per heavy atom. The Balaban J connectivity index is 1.89. The van der Waals surface area contributed by atoms with Crippen molar-refractivity contribution in [2.75, 3.05) is 18.5 Å². The minimum absolute atomic E-state index is 0.103. The van der Waals surface area contributed by atoms with E-state index in [0.717, 1.165) is 16.1 Å². The van der Waals surface area contributed by atoms with Crippen LogP contribution in [-0.4, -0.2) is 19.1 Å². The Labute approximate surface area is 151 Å². The number of hydrogen-bond donors (Lipinski definition) is 1. The van der Waals surface area contributed by atoms with Crippen LogP contribution in [-0.2, 0) is 4.79 Å². The van der Waals surface area contributed by atoms with Crippen molar-refractivity contribution < 1.29 is 14.3 Å². The molecule has 1 heterocycles. The summed E-state index contributed by atoms with van der Waals surface area (Å²) < 4.78 is 11.3. The number of para-hydroxylation sites is 1. The number of ether oxygens (including phenoxy) is 2. The molecular formula is C20H19NO3S. The number of carbonyl (C=O) groups excluding carboxylic acids is 1. The van der Waals surface area contributed by atoms with Crippen molar-refractivity contribution in [3.05, 3.63) is 65.6 Å². The first kappa shape index (κ1) is 17.2. The molecule has 0 atom stereocenters. The topological polar surface area (TPSA) is 47.6 Å². The van der Waals surface area contributed by atoms with Gasteiger partial charge >= 0.3 is 0 Å². The third-order valence-corrected chi connectivity index (χ3v) is 4.60. The number of rotatable bonds is 6. The molecule has 1 aliphatic heterocycles. The predicted octanol–water partition coefficient (Wildman–Crippen LogP) is 4.74. The van der Waals surface area contributed by atoms with E-state index in [9.17, 15) is 4.79 Å². The molecule has 0 saturated heterocycles. The van der Waals surface area contributed by atoms with Gasteiger partial charge in [0.15, 0.2) is 11.5 Å². The lowest BCUT2D eigenvalue weighted by Gasteiger charge is -2.18. The molecule has 0 unspecified atom stereocenters. The maximum atomic E-state index is 12.3. The van der Waals surface area contributed by atoms with E-state index >= 15 is 0 Å². The van der Waals surface area contributed by atoms with Crippen molar-refractivity contribution in [2.45, 2.75) is 11.8 Å². The van der Waals surface area contributed by atoms with Crippen LogP contribution < -0.4 is 14.8 Å². The van der Waals surface area contributed by atoms with Crippen molar-refractivity contribution in [1.82, 2.24) is 0 Å². The molecule has 0 saturated carbocycles. The van der Waals surface area contributed by atoms with Crippen molar-refractivity contribution in [2.24, 2.45) is 0 Å². The van der Waals surface area contributed by atoms with E-state index in [1.54, 1.807) is 6.08 Å². The average Bonchev–Trinajstić information content (AvgIpc) is 2.62. The van der Waals surface area contributed by atoms with Gasteiger partial charge in [-0.25, -0.2) is 0 Å². The van der Waals surface area contributed by atoms with Gasteiger partial charge in [-0.3, -0.25) is 4.79 Å². The molecule has 1 amide bonds. The molecule has 5 heteroatoms. The Bertz CT molecular complexity index is 829. The molecule has 0 fully saturated rings. The molecule has 0 aromatic heterocycles.